The zero-order chi connectivity index (χ0) is 11.8. The minimum Gasteiger partial charge on any atom is -0.314 e. The summed E-state index contributed by atoms with van der Waals surface area (Å²) in [5, 5.41) is 3.14. The second-order valence-corrected chi connectivity index (χ2v) is 8.21. The summed E-state index contributed by atoms with van der Waals surface area (Å²) in [5.41, 5.74) is 0.971. The van der Waals surface area contributed by atoms with E-state index in [9.17, 15) is 8.42 Å². The van der Waals surface area contributed by atoms with E-state index in [0.717, 1.165) is 22.4 Å². The summed E-state index contributed by atoms with van der Waals surface area (Å²) in [5.74, 6) is 0. The van der Waals surface area contributed by atoms with Crippen LogP contribution in [0, 0.1) is 6.92 Å². The van der Waals surface area contributed by atoms with E-state index in [1.54, 1.807) is 10.4 Å². The molecule has 8 heteroatoms. The van der Waals surface area contributed by atoms with E-state index < -0.39 is 10.0 Å². The highest BCUT2D eigenvalue weighted by molar-refractivity contribution is 9.11. The van der Waals surface area contributed by atoms with Gasteiger partial charge in [-0.25, -0.2) is 8.42 Å². The van der Waals surface area contributed by atoms with Gasteiger partial charge in [0.15, 0.2) is 0 Å². The molecule has 2 heterocycles. The summed E-state index contributed by atoms with van der Waals surface area (Å²) in [6.45, 7) is 4.46. The predicted molar refractivity (Wildman–Crippen MR) is 75.6 cm³/mol. The van der Waals surface area contributed by atoms with Gasteiger partial charge in [-0.15, -0.1) is 23.7 Å². The molecule has 98 valence electrons. The van der Waals surface area contributed by atoms with Crippen LogP contribution in [0.2, 0.25) is 0 Å². The summed E-state index contributed by atoms with van der Waals surface area (Å²) >= 11 is 4.64. The summed E-state index contributed by atoms with van der Waals surface area (Å²) < 4.78 is 27.3. The summed E-state index contributed by atoms with van der Waals surface area (Å²) in [7, 11) is -3.28. The molecule has 2 rings (SSSR count). The van der Waals surface area contributed by atoms with Crippen LogP contribution in [0.4, 0.5) is 0 Å². The van der Waals surface area contributed by atoms with Crippen LogP contribution in [0.1, 0.15) is 5.56 Å². The molecule has 0 aromatic carbocycles. The molecule has 0 saturated carbocycles. The number of nitrogens with one attached hydrogen (secondary N) is 1. The number of hydrogen-bond donors (Lipinski definition) is 1. The second-order valence-electron chi connectivity index (χ2n) is 3.68. The van der Waals surface area contributed by atoms with Gasteiger partial charge in [0, 0.05) is 26.2 Å². The normalized spacial score (nSPS) is 17.8. The van der Waals surface area contributed by atoms with Crippen molar-refractivity contribution in [2.75, 3.05) is 26.2 Å². The Bertz CT molecular complexity index is 464. The van der Waals surface area contributed by atoms with Gasteiger partial charge in [-0.1, -0.05) is 0 Å². The van der Waals surface area contributed by atoms with Gasteiger partial charge in [-0.3, -0.25) is 0 Å². The smallest absolute Gasteiger partial charge is 0.252 e. The average Bonchev–Trinajstić information content (AvgIpc) is 2.61. The lowest BCUT2D eigenvalue weighted by Crippen LogP contribution is -2.46. The van der Waals surface area contributed by atoms with Crippen LogP contribution in [0.15, 0.2) is 14.1 Å². The average molecular weight is 362 g/mol. The fourth-order valence-electron chi connectivity index (χ4n) is 1.57. The highest BCUT2D eigenvalue weighted by Crippen LogP contribution is 2.32. The molecule has 0 aliphatic carbocycles. The minimum absolute atomic E-state index is 0. The van der Waals surface area contributed by atoms with Crippen LogP contribution >= 0.6 is 39.7 Å². The van der Waals surface area contributed by atoms with Gasteiger partial charge in [-0.2, -0.15) is 4.31 Å². The first-order chi connectivity index (χ1) is 7.51. The van der Waals surface area contributed by atoms with E-state index in [2.05, 4.69) is 21.2 Å². The maximum Gasteiger partial charge on any atom is 0.252 e. The Kier molecular flexibility index (Phi) is 5.42. The molecule has 4 nitrogen and oxygen atoms in total. The van der Waals surface area contributed by atoms with Crippen molar-refractivity contribution in [2.45, 2.75) is 11.1 Å². The van der Waals surface area contributed by atoms with Gasteiger partial charge >= 0.3 is 0 Å². The number of sulfonamides is 1. The van der Waals surface area contributed by atoms with E-state index in [0.29, 0.717) is 17.3 Å². The molecule has 0 unspecified atom stereocenters. The van der Waals surface area contributed by atoms with Crippen molar-refractivity contribution in [1.29, 1.82) is 0 Å². The monoisotopic (exact) mass is 360 g/mol. The van der Waals surface area contributed by atoms with Gasteiger partial charge in [0.05, 0.1) is 3.79 Å². The molecule has 0 bridgehead atoms. The van der Waals surface area contributed by atoms with Crippen molar-refractivity contribution >= 4 is 49.7 Å². The van der Waals surface area contributed by atoms with Gasteiger partial charge in [-0.05, 0) is 34.5 Å². The number of rotatable bonds is 2. The first-order valence-corrected chi connectivity index (χ1v) is 8.03. The summed E-state index contributed by atoms with van der Waals surface area (Å²) in [6, 6.07) is 1.73. The van der Waals surface area contributed by atoms with Crippen molar-refractivity contribution in [1.82, 2.24) is 9.62 Å². The molecule has 1 aliphatic rings. The van der Waals surface area contributed by atoms with Gasteiger partial charge in [0.25, 0.3) is 10.0 Å². The van der Waals surface area contributed by atoms with E-state index >= 15 is 0 Å². The third-order valence-corrected chi connectivity index (χ3v) is 6.99. The Morgan fingerprint density at radius 3 is 2.47 bits per heavy atom. The topological polar surface area (TPSA) is 49.4 Å². The molecule has 0 amide bonds. The first kappa shape index (κ1) is 15.4. The van der Waals surface area contributed by atoms with Gasteiger partial charge in [0.1, 0.15) is 4.21 Å². The quantitative estimate of drug-likeness (QED) is 0.874. The fourth-order valence-corrected chi connectivity index (χ4v) is 5.39. The van der Waals surface area contributed by atoms with Crippen LogP contribution < -0.4 is 5.32 Å². The molecule has 0 spiro atoms. The number of aryl methyl sites for hydroxylation is 1. The van der Waals surface area contributed by atoms with Crippen LogP contribution in [-0.2, 0) is 10.0 Å². The Balaban J connectivity index is 0.00000144. The third-order valence-electron chi connectivity index (χ3n) is 2.50. The molecule has 1 aromatic heterocycles. The van der Waals surface area contributed by atoms with Crippen LogP contribution in [-0.4, -0.2) is 38.9 Å². The molecule has 0 radical (unpaired) electrons. The van der Waals surface area contributed by atoms with Crippen molar-refractivity contribution < 1.29 is 8.42 Å². The predicted octanol–water partition coefficient (Wildman–Crippen LogP) is 1.83. The summed E-state index contributed by atoms with van der Waals surface area (Å²) in [4.78, 5) is 0. The Labute approximate surface area is 120 Å². The molecule has 0 atom stereocenters. The molecular weight excluding hydrogens is 348 g/mol. The zero-order valence-corrected chi connectivity index (χ0v) is 13.3. The van der Waals surface area contributed by atoms with E-state index in [4.69, 9.17) is 0 Å². The molecule has 17 heavy (non-hydrogen) atoms. The lowest BCUT2D eigenvalue weighted by Gasteiger charge is -2.25. The number of hydrogen-bond acceptors (Lipinski definition) is 4. The second kappa shape index (κ2) is 5.99. The van der Waals surface area contributed by atoms with Crippen molar-refractivity contribution in [3.05, 3.63) is 15.4 Å². The van der Waals surface area contributed by atoms with Crippen LogP contribution in [0.5, 0.6) is 0 Å². The minimum atomic E-state index is -3.28. The van der Waals surface area contributed by atoms with Crippen molar-refractivity contribution in [3.8, 4) is 0 Å². The van der Waals surface area contributed by atoms with E-state index in [1.807, 2.05) is 6.92 Å². The van der Waals surface area contributed by atoms with Crippen LogP contribution in [0.25, 0.3) is 0 Å². The highest BCUT2D eigenvalue weighted by Gasteiger charge is 2.27. The number of thiophene rings is 1. The lowest BCUT2D eigenvalue weighted by molar-refractivity contribution is 0.361. The largest absolute Gasteiger partial charge is 0.314 e. The Morgan fingerprint density at radius 1 is 1.41 bits per heavy atom. The van der Waals surface area contributed by atoms with Crippen molar-refractivity contribution in [2.24, 2.45) is 0 Å². The Hall–Kier alpha value is 0.340. The van der Waals surface area contributed by atoms with Gasteiger partial charge < -0.3 is 5.32 Å². The summed E-state index contributed by atoms with van der Waals surface area (Å²) in [6.07, 6.45) is 0. The fraction of sp³-hybridized carbons (Fsp3) is 0.556. The number of piperazine rings is 1. The SMILES string of the molecule is Cc1cc(S(=O)(=O)N2CCNCC2)sc1Br.Cl. The highest BCUT2D eigenvalue weighted by atomic mass is 79.9. The lowest BCUT2D eigenvalue weighted by atomic mass is 10.4. The van der Waals surface area contributed by atoms with Gasteiger partial charge in [0.2, 0.25) is 0 Å². The molecule has 1 aliphatic heterocycles. The van der Waals surface area contributed by atoms with Crippen LogP contribution in [0.3, 0.4) is 0 Å². The van der Waals surface area contributed by atoms with E-state index in [-0.39, 0.29) is 12.4 Å². The zero-order valence-electron chi connectivity index (χ0n) is 9.27. The Morgan fingerprint density at radius 2 is 2.00 bits per heavy atom. The molecule has 1 fully saturated rings. The molecule has 1 saturated heterocycles. The third kappa shape index (κ3) is 3.21. The number of halogens is 2. The van der Waals surface area contributed by atoms with E-state index in [1.165, 1.54) is 11.3 Å². The molecular formula is C9H14BrClN2O2S2. The van der Waals surface area contributed by atoms with Crippen molar-refractivity contribution in [3.63, 3.8) is 0 Å². The molecule has 1 aromatic rings. The maximum absolute atomic E-state index is 12.2. The molecule has 1 N–H and O–H groups in total. The maximum atomic E-state index is 12.2. The first-order valence-electron chi connectivity index (χ1n) is 4.98. The number of nitrogens with zero attached hydrogens (tertiary/aromatic N) is 1. The standard InChI is InChI=1S/C9H13BrN2O2S2.ClH/c1-7-6-8(15-9(7)10)16(13,14)12-4-2-11-3-5-12;/h6,11H,2-5H2,1H3;1H.